The lowest BCUT2D eigenvalue weighted by molar-refractivity contribution is -0.120. The van der Waals surface area contributed by atoms with Crippen LogP contribution < -0.4 is 5.32 Å². The van der Waals surface area contributed by atoms with E-state index >= 15 is 0 Å². The van der Waals surface area contributed by atoms with Crippen molar-refractivity contribution in [3.8, 4) is 0 Å². The highest BCUT2D eigenvalue weighted by atomic mass is 35.5. The zero-order valence-electron chi connectivity index (χ0n) is 13.1. The van der Waals surface area contributed by atoms with Gasteiger partial charge < -0.3 is 5.32 Å². The SMILES string of the molecule is O=C(Nc1ccc(F)c(Cl)c1)C1CCN(S(=O)(=O)c2cccs2)CC1. The number of thiophene rings is 1. The molecule has 9 heteroatoms. The van der Waals surface area contributed by atoms with Crippen molar-refractivity contribution in [2.24, 2.45) is 5.92 Å². The largest absolute Gasteiger partial charge is 0.326 e. The first-order valence-electron chi connectivity index (χ1n) is 7.67. The molecule has 0 unspecified atom stereocenters. The van der Waals surface area contributed by atoms with Gasteiger partial charge in [0.25, 0.3) is 10.0 Å². The van der Waals surface area contributed by atoms with Gasteiger partial charge in [0.1, 0.15) is 10.0 Å². The quantitative estimate of drug-likeness (QED) is 0.849. The average Bonchev–Trinajstić information content (AvgIpc) is 3.14. The van der Waals surface area contributed by atoms with Crippen LogP contribution in [0.1, 0.15) is 12.8 Å². The summed E-state index contributed by atoms with van der Waals surface area (Å²) in [5.41, 5.74) is 0.421. The summed E-state index contributed by atoms with van der Waals surface area (Å²) in [5, 5.41) is 4.37. The maximum Gasteiger partial charge on any atom is 0.252 e. The minimum atomic E-state index is -3.48. The van der Waals surface area contributed by atoms with Gasteiger partial charge in [-0.25, -0.2) is 12.8 Å². The molecule has 1 aromatic heterocycles. The molecule has 1 aliphatic heterocycles. The van der Waals surface area contributed by atoms with Crippen LogP contribution in [0.15, 0.2) is 39.9 Å². The zero-order chi connectivity index (χ0) is 18.0. The van der Waals surface area contributed by atoms with Crippen LogP contribution in [-0.2, 0) is 14.8 Å². The number of nitrogens with one attached hydrogen (secondary N) is 1. The van der Waals surface area contributed by atoms with Gasteiger partial charge >= 0.3 is 0 Å². The molecule has 0 radical (unpaired) electrons. The van der Waals surface area contributed by atoms with Crippen LogP contribution in [0.5, 0.6) is 0 Å². The standard InChI is InChI=1S/C16H16ClFN2O3S2/c17-13-10-12(3-4-14(13)18)19-16(21)11-5-7-20(8-6-11)25(22,23)15-2-1-9-24-15/h1-4,9-11H,5-8H2,(H,19,21). The van der Waals surface area contributed by atoms with Crippen LogP contribution in [0.3, 0.4) is 0 Å². The summed E-state index contributed by atoms with van der Waals surface area (Å²) in [6, 6.07) is 7.26. The molecule has 1 aromatic carbocycles. The molecule has 0 aliphatic carbocycles. The molecule has 25 heavy (non-hydrogen) atoms. The number of halogens is 2. The average molecular weight is 403 g/mol. The smallest absolute Gasteiger partial charge is 0.252 e. The predicted molar refractivity (Wildman–Crippen MR) is 95.8 cm³/mol. The summed E-state index contributed by atoms with van der Waals surface area (Å²) < 4.78 is 39.8. The summed E-state index contributed by atoms with van der Waals surface area (Å²) in [7, 11) is -3.48. The molecule has 2 aromatic rings. The van der Waals surface area contributed by atoms with E-state index in [0.717, 1.165) is 0 Å². The van der Waals surface area contributed by atoms with E-state index < -0.39 is 15.8 Å². The van der Waals surface area contributed by atoms with E-state index in [0.29, 0.717) is 35.8 Å². The van der Waals surface area contributed by atoms with Crippen molar-refractivity contribution in [2.75, 3.05) is 18.4 Å². The number of piperidine rings is 1. The van der Waals surface area contributed by atoms with Gasteiger partial charge in [-0.1, -0.05) is 17.7 Å². The lowest BCUT2D eigenvalue weighted by Crippen LogP contribution is -2.41. The first kappa shape index (κ1) is 18.3. The molecule has 1 amide bonds. The fourth-order valence-electron chi connectivity index (χ4n) is 2.71. The van der Waals surface area contributed by atoms with Crippen molar-refractivity contribution in [3.63, 3.8) is 0 Å². The molecule has 0 bridgehead atoms. The summed E-state index contributed by atoms with van der Waals surface area (Å²) in [6.07, 6.45) is 0.872. The molecule has 134 valence electrons. The molecule has 1 saturated heterocycles. The molecule has 0 atom stereocenters. The predicted octanol–water partition coefficient (Wildman–Crippen LogP) is 3.58. The van der Waals surface area contributed by atoms with E-state index in [1.54, 1.807) is 17.5 Å². The highest BCUT2D eigenvalue weighted by Gasteiger charge is 2.32. The summed E-state index contributed by atoms with van der Waals surface area (Å²) >= 11 is 6.89. The number of amides is 1. The van der Waals surface area contributed by atoms with E-state index in [4.69, 9.17) is 11.6 Å². The van der Waals surface area contributed by atoms with Crippen molar-refractivity contribution >= 4 is 44.6 Å². The van der Waals surface area contributed by atoms with Gasteiger partial charge in [0.2, 0.25) is 5.91 Å². The zero-order valence-corrected chi connectivity index (χ0v) is 15.5. The van der Waals surface area contributed by atoms with Gasteiger partial charge in [-0.3, -0.25) is 4.79 Å². The van der Waals surface area contributed by atoms with Gasteiger partial charge in [-0.05, 0) is 42.5 Å². The summed E-state index contributed by atoms with van der Waals surface area (Å²) in [5.74, 6) is -1.05. The van der Waals surface area contributed by atoms with Crippen molar-refractivity contribution < 1.29 is 17.6 Å². The van der Waals surface area contributed by atoms with E-state index in [9.17, 15) is 17.6 Å². The number of benzene rings is 1. The molecule has 0 saturated carbocycles. The van der Waals surface area contributed by atoms with Crippen LogP contribution in [0.4, 0.5) is 10.1 Å². The van der Waals surface area contributed by atoms with E-state index in [2.05, 4.69) is 5.32 Å². The van der Waals surface area contributed by atoms with Crippen molar-refractivity contribution in [1.82, 2.24) is 4.31 Å². The maximum atomic E-state index is 13.2. The lowest BCUT2D eigenvalue weighted by atomic mass is 9.97. The topological polar surface area (TPSA) is 66.5 Å². The van der Waals surface area contributed by atoms with Crippen LogP contribution in [-0.4, -0.2) is 31.7 Å². The number of carbonyl (C=O) groups is 1. The Hall–Kier alpha value is -1.48. The summed E-state index contributed by atoms with van der Waals surface area (Å²) in [4.78, 5) is 12.3. The third kappa shape index (κ3) is 4.03. The highest BCUT2D eigenvalue weighted by Crippen LogP contribution is 2.27. The number of carbonyl (C=O) groups excluding carboxylic acids is 1. The number of nitrogens with zero attached hydrogens (tertiary/aromatic N) is 1. The first-order chi connectivity index (χ1) is 11.9. The fraction of sp³-hybridized carbons (Fsp3) is 0.312. The molecule has 1 N–H and O–H groups in total. The van der Waals surface area contributed by atoms with Crippen molar-refractivity contribution in [1.29, 1.82) is 0 Å². The number of sulfonamides is 1. The molecule has 0 spiro atoms. The van der Waals surface area contributed by atoms with Gasteiger partial charge in [0, 0.05) is 24.7 Å². The number of hydrogen-bond donors (Lipinski definition) is 1. The Morgan fingerprint density at radius 2 is 2.00 bits per heavy atom. The number of rotatable bonds is 4. The normalized spacial score (nSPS) is 16.7. The molecule has 5 nitrogen and oxygen atoms in total. The number of hydrogen-bond acceptors (Lipinski definition) is 4. The fourth-order valence-corrected chi connectivity index (χ4v) is 5.51. The Balaban J connectivity index is 1.60. The Morgan fingerprint density at radius 3 is 2.60 bits per heavy atom. The van der Waals surface area contributed by atoms with Crippen molar-refractivity contribution in [3.05, 3.63) is 46.6 Å². The second kappa shape index (κ2) is 7.41. The number of anilines is 1. The van der Waals surface area contributed by atoms with E-state index in [1.807, 2.05) is 0 Å². The van der Waals surface area contributed by atoms with E-state index in [1.165, 1.54) is 33.8 Å². The minimum Gasteiger partial charge on any atom is -0.326 e. The maximum absolute atomic E-state index is 13.2. The Morgan fingerprint density at radius 1 is 1.28 bits per heavy atom. The second-order valence-electron chi connectivity index (χ2n) is 5.73. The van der Waals surface area contributed by atoms with Gasteiger partial charge in [-0.2, -0.15) is 4.31 Å². The summed E-state index contributed by atoms with van der Waals surface area (Å²) in [6.45, 7) is 0.588. The van der Waals surface area contributed by atoms with Crippen molar-refractivity contribution in [2.45, 2.75) is 17.1 Å². The van der Waals surface area contributed by atoms with E-state index in [-0.39, 0.29) is 16.8 Å². The Bertz CT molecular complexity index is 864. The highest BCUT2D eigenvalue weighted by molar-refractivity contribution is 7.91. The Labute approximate surface area is 154 Å². The molecular formula is C16H16ClFN2O3S2. The minimum absolute atomic E-state index is 0.0605. The second-order valence-corrected chi connectivity index (χ2v) is 9.25. The molecular weight excluding hydrogens is 387 g/mol. The Kier molecular flexibility index (Phi) is 5.43. The molecule has 1 fully saturated rings. The third-order valence-corrected chi connectivity index (χ3v) is 7.66. The monoisotopic (exact) mass is 402 g/mol. The van der Waals surface area contributed by atoms with Crippen LogP contribution in [0, 0.1) is 11.7 Å². The van der Waals surface area contributed by atoms with Crippen LogP contribution in [0.2, 0.25) is 5.02 Å². The van der Waals surface area contributed by atoms with Gasteiger partial charge in [-0.15, -0.1) is 11.3 Å². The lowest BCUT2D eigenvalue weighted by Gasteiger charge is -2.30. The molecule has 1 aliphatic rings. The van der Waals surface area contributed by atoms with Crippen LogP contribution >= 0.6 is 22.9 Å². The van der Waals surface area contributed by atoms with Crippen LogP contribution in [0.25, 0.3) is 0 Å². The molecule has 2 heterocycles. The van der Waals surface area contributed by atoms with Gasteiger partial charge in [0.05, 0.1) is 5.02 Å². The van der Waals surface area contributed by atoms with Gasteiger partial charge in [0.15, 0.2) is 0 Å². The molecule has 3 rings (SSSR count). The third-order valence-electron chi connectivity index (χ3n) is 4.10. The first-order valence-corrected chi connectivity index (χ1v) is 10.4.